The quantitative estimate of drug-likeness (QED) is 0.890. The summed E-state index contributed by atoms with van der Waals surface area (Å²) < 4.78 is 13.0. The summed E-state index contributed by atoms with van der Waals surface area (Å²) in [5.41, 5.74) is 0.668. The van der Waals surface area contributed by atoms with Gasteiger partial charge in [-0.25, -0.2) is 9.37 Å². The Bertz CT molecular complexity index is 576. The van der Waals surface area contributed by atoms with Gasteiger partial charge in [0.1, 0.15) is 11.6 Å². The molecule has 0 saturated heterocycles. The molecular formula is C14H15ClFN3. The summed E-state index contributed by atoms with van der Waals surface area (Å²) in [6.45, 7) is 0. The zero-order chi connectivity index (χ0) is 13.2. The lowest BCUT2D eigenvalue weighted by Crippen LogP contribution is -2.06. The molecule has 19 heavy (non-hydrogen) atoms. The van der Waals surface area contributed by atoms with Crippen LogP contribution < -0.4 is 0 Å². The molecule has 0 amide bonds. The zero-order valence-corrected chi connectivity index (χ0v) is 11.3. The van der Waals surface area contributed by atoms with E-state index in [4.69, 9.17) is 11.6 Å². The van der Waals surface area contributed by atoms with Crippen LogP contribution in [-0.4, -0.2) is 15.2 Å². The van der Waals surface area contributed by atoms with Gasteiger partial charge in [0.15, 0.2) is 5.82 Å². The SMILES string of the molecule is Fc1ccc(-c2n[nH]c(C3CCCCC3)n2)c(Cl)c1. The van der Waals surface area contributed by atoms with Crippen LogP contribution in [0.5, 0.6) is 0 Å². The van der Waals surface area contributed by atoms with E-state index in [1.165, 1.54) is 31.4 Å². The van der Waals surface area contributed by atoms with Crippen molar-refractivity contribution in [2.75, 3.05) is 0 Å². The summed E-state index contributed by atoms with van der Waals surface area (Å²) in [6, 6.07) is 4.27. The second-order valence-corrected chi connectivity index (χ2v) is 5.41. The number of halogens is 2. The highest BCUT2D eigenvalue weighted by atomic mass is 35.5. The maximum atomic E-state index is 13.0. The number of hydrogen-bond donors (Lipinski definition) is 1. The van der Waals surface area contributed by atoms with Crippen molar-refractivity contribution in [3.8, 4) is 11.4 Å². The first kappa shape index (κ1) is 12.6. The van der Waals surface area contributed by atoms with E-state index in [1.54, 1.807) is 6.07 Å². The van der Waals surface area contributed by atoms with Crippen LogP contribution in [0.3, 0.4) is 0 Å². The van der Waals surface area contributed by atoms with Crippen molar-refractivity contribution < 1.29 is 4.39 Å². The fourth-order valence-electron chi connectivity index (χ4n) is 2.62. The van der Waals surface area contributed by atoms with E-state index in [1.807, 2.05) is 0 Å². The molecule has 2 aromatic rings. The molecule has 1 N–H and O–H groups in total. The zero-order valence-electron chi connectivity index (χ0n) is 10.5. The second kappa shape index (κ2) is 5.29. The smallest absolute Gasteiger partial charge is 0.182 e. The van der Waals surface area contributed by atoms with E-state index in [2.05, 4.69) is 15.2 Å². The minimum atomic E-state index is -0.350. The average molecular weight is 280 g/mol. The number of benzene rings is 1. The molecule has 1 fully saturated rings. The molecule has 0 radical (unpaired) electrons. The summed E-state index contributed by atoms with van der Waals surface area (Å²) in [5.74, 6) is 1.59. The molecule has 100 valence electrons. The van der Waals surface area contributed by atoms with Crippen molar-refractivity contribution in [2.45, 2.75) is 38.0 Å². The van der Waals surface area contributed by atoms with Crippen molar-refractivity contribution >= 4 is 11.6 Å². The highest BCUT2D eigenvalue weighted by Gasteiger charge is 2.20. The van der Waals surface area contributed by atoms with Crippen LogP contribution in [-0.2, 0) is 0 Å². The maximum Gasteiger partial charge on any atom is 0.182 e. The van der Waals surface area contributed by atoms with Crippen molar-refractivity contribution in [3.63, 3.8) is 0 Å². The van der Waals surface area contributed by atoms with Crippen LogP contribution in [0.15, 0.2) is 18.2 Å². The van der Waals surface area contributed by atoms with Gasteiger partial charge in [-0.2, -0.15) is 5.10 Å². The van der Waals surface area contributed by atoms with Crippen LogP contribution in [0.1, 0.15) is 43.8 Å². The highest BCUT2D eigenvalue weighted by Crippen LogP contribution is 2.32. The molecule has 3 nitrogen and oxygen atoms in total. The molecule has 1 aromatic carbocycles. The molecule has 1 aliphatic carbocycles. The van der Waals surface area contributed by atoms with E-state index in [0.29, 0.717) is 22.3 Å². The largest absolute Gasteiger partial charge is 0.262 e. The Kier molecular flexibility index (Phi) is 3.51. The molecule has 0 spiro atoms. The number of nitrogens with one attached hydrogen (secondary N) is 1. The third-order valence-electron chi connectivity index (χ3n) is 3.67. The molecule has 0 aliphatic heterocycles. The minimum Gasteiger partial charge on any atom is -0.262 e. The van der Waals surface area contributed by atoms with Gasteiger partial charge < -0.3 is 0 Å². The Hall–Kier alpha value is -1.42. The van der Waals surface area contributed by atoms with E-state index in [-0.39, 0.29) is 5.82 Å². The van der Waals surface area contributed by atoms with Gasteiger partial charge in [-0.05, 0) is 31.0 Å². The molecule has 0 unspecified atom stereocenters. The molecule has 0 bridgehead atoms. The van der Waals surface area contributed by atoms with Gasteiger partial charge >= 0.3 is 0 Å². The van der Waals surface area contributed by atoms with Gasteiger partial charge in [0, 0.05) is 11.5 Å². The number of aromatic nitrogens is 3. The van der Waals surface area contributed by atoms with Gasteiger partial charge in [0.25, 0.3) is 0 Å². The first-order valence-corrected chi connectivity index (χ1v) is 6.99. The van der Waals surface area contributed by atoms with Crippen molar-refractivity contribution in [2.24, 2.45) is 0 Å². The lowest BCUT2D eigenvalue weighted by molar-refractivity contribution is 0.429. The number of hydrogen-bond acceptors (Lipinski definition) is 2. The third-order valence-corrected chi connectivity index (χ3v) is 3.98. The summed E-state index contributed by atoms with van der Waals surface area (Å²) in [6.07, 6.45) is 6.12. The van der Waals surface area contributed by atoms with Crippen molar-refractivity contribution in [1.29, 1.82) is 0 Å². The summed E-state index contributed by atoms with van der Waals surface area (Å²) in [7, 11) is 0. The Morgan fingerprint density at radius 2 is 2.00 bits per heavy atom. The molecule has 1 heterocycles. The lowest BCUT2D eigenvalue weighted by Gasteiger charge is -2.18. The first-order valence-electron chi connectivity index (χ1n) is 6.62. The van der Waals surface area contributed by atoms with Crippen LogP contribution in [0, 0.1) is 5.82 Å². The molecule has 5 heteroatoms. The monoisotopic (exact) mass is 279 g/mol. The summed E-state index contributed by atoms with van der Waals surface area (Å²) in [4.78, 5) is 4.52. The molecule has 1 saturated carbocycles. The minimum absolute atomic E-state index is 0.342. The molecule has 0 atom stereocenters. The van der Waals surface area contributed by atoms with Crippen LogP contribution in [0.4, 0.5) is 4.39 Å². The van der Waals surface area contributed by atoms with Gasteiger partial charge in [-0.1, -0.05) is 30.9 Å². The van der Waals surface area contributed by atoms with Gasteiger partial charge in [0.05, 0.1) is 5.02 Å². The summed E-state index contributed by atoms with van der Waals surface area (Å²) in [5, 5.41) is 7.55. The van der Waals surface area contributed by atoms with E-state index >= 15 is 0 Å². The van der Waals surface area contributed by atoms with Crippen molar-refractivity contribution in [3.05, 3.63) is 34.9 Å². The Morgan fingerprint density at radius 1 is 1.21 bits per heavy atom. The number of aromatic amines is 1. The number of H-pyrrole nitrogens is 1. The molecule has 1 aromatic heterocycles. The second-order valence-electron chi connectivity index (χ2n) is 5.00. The summed E-state index contributed by atoms with van der Waals surface area (Å²) >= 11 is 6.03. The normalized spacial score (nSPS) is 16.7. The lowest BCUT2D eigenvalue weighted by atomic mass is 9.89. The van der Waals surface area contributed by atoms with Crippen LogP contribution in [0.25, 0.3) is 11.4 Å². The third kappa shape index (κ3) is 2.63. The van der Waals surface area contributed by atoms with Gasteiger partial charge in [-0.3, -0.25) is 5.10 Å². The standard InChI is InChI=1S/C14H15ClFN3/c15-12-8-10(16)6-7-11(12)14-17-13(18-19-14)9-4-2-1-3-5-9/h6-9H,1-5H2,(H,17,18,19). The Balaban J connectivity index is 1.87. The predicted molar refractivity (Wildman–Crippen MR) is 72.6 cm³/mol. The number of nitrogens with zero attached hydrogens (tertiary/aromatic N) is 2. The van der Waals surface area contributed by atoms with Crippen LogP contribution >= 0.6 is 11.6 Å². The van der Waals surface area contributed by atoms with Crippen LogP contribution in [0.2, 0.25) is 5.02 Å². The average Bonchev–Trinajstić information content (AvgIpc) is 2.89. The van der Waals surface area contributed by atoms with Gasteiger partial charge in [-0.15, -0.1) is 0 Å². The highest BCUT2D eigenvalue weighted by molar-refractivity contribution is 6.33. The molecular weight excluding hydrogens is 265 g/mol. The van der Waals surface area contributed by atoms with Crippen molar-refractivity contribution in [1.82, 2.24) is 15.2 Å². The Morgan fingerprint density at radius 3 is 2.74 bits per heavy atom. The fourth-order valence-corrected chi connectivity index (χ4v) is 2.88. The molecule has 1 aliphatic rings. The van der Waals surface area contributed by atoms with E-state index in [0.717, 1.165) is 18.7 Å². The fraction of sp³-hybridized carbons (Fsp3) is 0.429. The molecule has 3 rings (SSSR count). The number of rotatable bonds is 2. The predicted octanol–water partition coefficient (Wildman–Crippen LogP) is 4.31. The maximum absolute atomic E-state index is 13.0. The van der Waals surface area contributed by atoms with E-state index in [9.17, 15) is 4.39 Å². The first-order chi connectivity index (χ1) is 9.24. The Labute approximate surface area is 116 Å². The topological polar surface area (TPSA) is 41.6 Å². The van der Waals surface area contributed by atoms with E-state index < -0.39 is 0 Å². The van der Waals surface area contributed by atoms with Gasteiger partial charge in [0.2, 0.25) is 0 Å².